The molecule has 0 amide bonds. The molecule has 2 aromatic rings. The van der Waals surface area contributed by atoms with Crippen LogP contribution in [-0.4, -0.2) is 18.2 Å². The van der Waals surface area contributed by atoms with E-state index in [1.54, 1.807) is 31.4 Å². The van der Waals surface area contributed by atoms with Crippen LogP contribution in [0, 0.1) is 25.2 Å². The van der Waals surface area contributed by atoms with Crippen molar-refractivity contribution in [2.75, 3.05) is 12.4 Å². The molecule has 0 heterocycles. The zero-order valence-corrected chi connectivity index (χ0v) is 13.3. The van der Waals surface area contributed by atoms with Gasteiger partial charge in [0, 0.05) is 5.69 Å². The summed E-state index contributed by atoms with van der Waals surface area (Å²) in [6, 6.07) is 11.5. The van der Waals surface area contributed by atoms with Gasteiger partial charge in [0.05, 0.1) is 18.7 Å². The second-order valence-corrected chi connectivity index (χ2v) is 5.28. The van der Waals surface area contributed by atoms with Gasteiger partial charge in [-0.25, -0.2) is 4.79 Å². The lowest BCUT2D eigenvalue weighted by Gasteiger charge is -2.20. The van der Waals surface area contributed by atoms with Crippen molar-refractivity contribution < 1.29 is 14.6 Å². The maximum absolute atomic E-state index is 11.7. The minimum atomic E-state index is -0.970. The summed E-state index contributed by atoms with van der Waals surface area (Å²) in [5.74, 6) is -0.240. The van der Waals surface area contributed by atoms with Crippen molar-refractivity contribution in [2.24, 2.45) is 0 Å². The van der Waals surface area contributed by atoms with Crippen LogP contribution in [0.1, 0.15) is 28.3 Å². The summed E-state index contributed by atoms with van der Waals surface area (Å²) in [5, 5.41) is 21.4. The van der Waals surface area contributed by atoms with Crippen molar-refractivity contribution in [3.8, 4) is 11.8 Å². The number of hydrogen-bond acceptors (Lipinski definition) is 4. The molecular weight excluding hydrogens is 292 g/mol. The summed E-state index contributed by atoms with van der Waals surface area (Å²) in [4.78, 5) is 11.7. The number of nitriles is 1. The Hall–Kier alpha value is -3.00. The van der Waals surface area contributed by atoms with Gasteiger partial charge in [0.1, 0.15) is 5.75 Å². The summed E-state index contributed by atoms with van der Waals surface area (Å²) >= 11 is 0. The molecular formula is C18H18N2O3. The molecule has 0 aliphatic rings. The minimum Gasteiger partial charge on any atom is -0.496 e. The number of aryl methyl sites for hydroxylation is 2. The van der Waals surface area contributed by atoms with E-state index in [-0.39, 0.29) is 0 Å². The summed E-state index contributed by atoms with van der Waals surface area (Å²) < 4.78 is 5.27. The average molecular weight is 310 g/mol. The minimum absolute atomic E-state index is 0.527. The molecule has 0 aliphatic carbocycles. The fourth-order valence-electron chi connectivity index (χ4n) is 2.42. The number of hydrogen-bond donors (Lipinski definition) is 2. The maximum atomic E-state index is 11.7. The van der Waals surface area contributed by atoms with Crippen molar-refractivity contribution in [1.29, 1.82) is 5.26 Å². The predicted octanol–water partition coefficient (Wildman–Crippen LogP) is 3.42. The molecule has 0 radical (unpaired) electrons. The van der Waals surface area contributed by atoms with E-state index >= 15 is 0 Å². The molecule has 5 nitrogen and oxygen atoms in total. The third-order valence-electron chi connectivity index (χ3n) is 3.67. The number of methoxy groups -OCH3 is 1. The van der Waals surface area contributed by atoms with E-state index in [9.17, 15) is 9.90 Å². The van der Waals surface area contributed by atoms with E-state index in [1.165, 1.54) is 0 Å². The largest absolute Gasteiger partial charge is 0.496 e. The van der Waals surface area contributed by atoms with Crippen LogP contribution < -0.4 is 10.1 Å². The first-order valence-electron chi connectivity index (χ1n) is 7.11. The topological polar surface area (TPSA) is 82.3 Å². The highest BCUT2D eigenvalue weighted by atomic mass is 16.5. The van der Waals surface area contributed by atoms with Gasteiger partial charge >= 0.3 is 5.97 Å². The fourth-order valence-corrected chi connectivity index (χ4v) is 2.42. The number of anilines is 1. The van der Waals surface area contributed by atoms with Crippen LogP contribution in [0.25, 0.3) is 0 Å². The van der Waals surface area contributed by atoms with Gasteiger partial charge < -0.3 is 15.2 Å². The van der Waals surface area contributed by atoms with Crippen LogP contribution in [0.3, 0.4) is 0 Å². The SMILES string of the molecule is COc1cc(C)c(C(Nc2ccc(C#N)cc2)C(=O)O)cc1C. The van der Waals surface area contributed by atoms with E-state index in [1.807, 2.05) is 32.0 Å². The van der Waals surface area contributed by atoms with E-state index in [0.29, 0.717) is 16.8 Å². The van der Waals surface area contributed by atoms with Crippen LogP contribution in [0.4, 0.5) is 5.69 Å². The molecule has 0 aromatic heterocycles. The molecule has 2 rings (SSSR count). The Bertz CT molecular complexity index is 761. The number of carboxylic acid groups (broad SMARTS) is 1. The van der Waals surface area contributed by atoms with Crippen molar-refractivity contribution in [3.63, 3.8) is 0 Å². The molecule has 1 unspecified atom stereocenters. The van der Waals surface area contributed by atoms with E-state index < -0.39 is 12.0 Å². The highest BCUT2D eigenvalue weighted by Crippen LogP contribution is 2.29. The maximum Gasteiger partial charge on any atom is 0.330 e. The molecule has 5 heteroatoms. The fraction of sp³-hybridized carbons (Fsp3) is 0.222. The zero-order valence-electron chi connectivity index (χ0n) is 13.3. The Morgan fingerprint density at radius 3 is 2.39 bits per heavy atom. The Morgan fingerprint density at radius 2 is 1.87 bits per heavy atom. The van der Waals surface area contributed by atoms with Gasteiger partial charge in [0.15, 0.2) is 6.04 Å². The summed E-state index contributed by atoms with van der Waals surface area (Å²) in [6.45, 7) is 3.73. The molecule has 0 fully saturated rings. The third kappa shape index (κ3) is 3.61. The molecule has 0 saturated heterocycles. The number of ether oxygens (including phenoxy) is 1. The molecule has 0 spiro atoms. The molecule has 1 atom stereocenters. The molecule has 118 valence electrons. The number of carboxylic acids is 1. The first-order valence-corrected chi connectivity index (χ1v) is 7.11. The van der Waals surface area contributed by atoms with Crippen molar-refractivity contribution in [1.82, 2.24) is 0 Å². The number of benzene rings is 2. The van der Waals surface area contributed by atoms with E-state index in [0.717, 1.165) is 16.9 Å². The molecule has 0 saturated carbocycles. The predicted molar refractivity (Wildman–Crippen MR) is 87.6 cm³/mol. The first-order chi connectivity index (χ1) is 11.0. The van der Waals surface area contributed by atoms with Gasteiger partial charge in [-0.05, 0) is 66.9 Å². The quantitative estimate of drug-likeness (QED) is 0.884. The van der Waals surface area contributed by atoms with Gasteiger partial charge in [-0.15, -0.1) is 0 Å². The molecule has 0 bridgehead atoms. The third-order valence-corrected chi connectivity index (χ3v) is 3.67. The smallest absolute Gasteiger partial charge is 0.330 e. The highest BCUT2D eigenvalue weighted by Gasteiger charge is 2.22. The summed E-state index contributed by atoms with van der Waals surface area (Å²) in [6.07, 6.45) is 0. The molecule has 2 aromatic carbocycles. The monoisotopic (exact) mass is 310 g/mol. The van der Waals surface area contributed by atoms with E-state index in [4.69, 9.17) is 10.00 Å². The number of nitrogens with one attached hydrogen (secondary N) is 1. The van der Waals surface area contributed by atoms with Crippen LogP contribution in [0.15, 0.2) is 36.4 Å². The van der Waals surface area contributed by atoms with Gasteiger partial charge in [-0.1, -0.05) is 0 Å². The van der Waals surface area contributed by atoms with Gasteiger partial charge in [-0.2, -0.15) is 5.26 Å². The van der Waals surface area contributed by atoms with Gasteiger partial charge in [0.25, 0.3) is 0 Å². The second kappa shape index (κ2) is 6.84. The Balaban J connectivity index is 2.37. The lowest BCUT2D eigenvalue weighted by molar-refractivity contribution is -0.138. The zero-order chi connectivity index (χ0) is 17.0. The van der Waals surface area contributed by atoms with Gasteiger partial charge in [-0.3, -0.25) is 0 Å². The van der Waals surface area contributed by atoms with Crippen molar-refractivity contribution in [3.05, 3.63) is 58.7 Å². The lowest BCUT2D eigenvalue weighted by Crippen LogP contribution is -2.21. The van der Waals surface area contributed by atoms with Crippen LogP contribution in [0.2, 0.25) is 0 Å². The van der Waals surface area contributed by atoms with E-state index in [2.05, 4.69) is 5.32 Å². The summed E-state index contributed by atoms with van der Waals surface area (Å²) in [5.41, 5.74) is 3.56. The molecule has 23 heavy (non-hydrogen) atoms. The standard InChI is InChI=1S/C18H18N2O3/c1-11-9-16(23-3)12(2)8-15(11)17(18(21)22)20-14-6-4-13(10-19)5-7-14/h4-9,17,20H,1-3H3,(H,21,22). The number of nitrogens with zero attached hydrogens (tertiary/aromatic N) is 1. The van der Waals surface area contributed by atoms with Crippen molar-refractivity contribution >= 4 is 11.7 Å². The lowest BCUT2D eigenvalue weighted by atomic mass is 9.97. The molecule has 2 N–H and O–H groups in total. The number of aliphatic carboxylic acids is 1. The van der Waals surface area contributed by atoms with Crippen LogP contribution in [-0.2, 0) is 4.79 Å². The molecule has 0 aliphatic heterocycles. The summed E-state index contributed by atoms with van der Waals surface area (Å²) in [7, 11) is 1.59. The highest BCUT2D eigenvalue weighted by molar-refractivity contribution is 5.80. The number of carbonyl (C=O) groups is 1. The Labute approximate surface area is 135 Å². The van der Waals surface area contributed by atoms with Crippen LogP contribution >= 0.6 is 0 Å². The van der Waals surface area contributed by atoms with Crippen LogP contribution in [0.5, 0.6) is 5.75 Å². The Morgan fingerprint density at radius 1 is 1.22 bits per heavy atom. The normalized spacial score (nSPS) is 11.4. The average Bonchev–Trinajstić information content (AvgIpc) is 2.55. The van der Waals surface area contributed by atoms with Gasteiger partial charge in [0.2, 0.25) is 0 Å². The number of rotatable bonds is 5. The van der Waals surface area contributed by atoms with Crippen molar-refractivity contribution in [2.45, 2.75) is 19.9 Å². The second-order valence-electron chi connectivity index (χ2n) is 5.28. The first kappa shape index (κ1) is 16.4. The Kier molecular flexibility index (Phi) is 4.87.